The van der Waals surface area contributed by atoms with Gasteiger partial charge in [-0.1, -0.05) is 72.0 Å². The van der Waals surface area contributed by atoms with Crippen LogP contribution in [-0.4, -0.2) is 23.9 Å². The van der Waals surface area contributed by atoms with E-state index in [1.165, 1.54) is 11.3 Å². The molecule has 5 aromatic rings. The summed E-state index contributed by atoms with van der Waals surface area (Å²) < 4.78 is 24.7. The van der Waals surface area contributed by atoms with Crippen LogP contribution in [0, 0.1) is 0 Å². The topological polar surface area (TPSA) is 88.4 Å². The molecule has 9 heteroatoms. The quantitative estimate of drug-likeness (QED) is 0.236. The van der Waals surface area contributed by atoms with Crippen LogP contribution in [0.4, 0.5) is 0 Å². The van der Waals surface area contributed by atoms with E-state index in [9.17, 15) is 9.59 Å². The number of hydrogen-bond donors (Lipinski definition) is 0. The molecular weight excluding hydrogens is 576 g/mol. The fraction of sp³-hybridized carbons (Fsp3) is 0.171. The first-order valence-corrected chi connectivity index (χ1v) is 15.1. The first-order chi connectivity index (χ1) is 21.5. The van der Waals surface area contributed by atoms with Gasteiger partial charge in [-0.25, -0.2) is 9.79 Å². The standard InChI is InChI=1S/C35H28N2O6S/c1-3-40-34(39)31-21(2)36-35-37(32(31)24-14-15-28-29(18-24)43-20-42-28)33(38)30(44-35)17-22-8-6-12-26(16-22)41-19-25-11-7-10-23-9-4-5-13-27(23)25/h4-18,32H,3,19-20H2,1-2H3/b30-17+/t32-/m0/s1. The number of carbonyl (C=O) groups excluding carboxylic acids is 1. The van der Waals surface area contributed by atoms with Crippen molar-refractivity contribution in [2.45, 2.75) is 26.5 Å². The molecule has 2 aliphatic rings. The number of nitrogens with zero attached hydrogens (tertiary/aromatic N) is 2. The average molecular weight is 605 g/mol. The normalized spacial score (nSPS) is 15.7. The molecule has 3 heterocycles. The zero-order valence-corrected chi connectivity index (χ0v) is 24.9. The van der Waals surface area contributed by atoms with Crippen LogP contribution < -0.4 is 29.1 Å². The molecule has 0 fully saturated rings. The molecule has 1 atom stereocenters. The van der Waals surface area contributed by atoms with E-state index in [4.69, 9.17) is 18.9 Å². The van der Waals surface area contributed by atoms with Gasteiger partial charge in [-0.3, -0.25) is 9.36 Å². The highest BCUT2D eigenvalue weighted by Gasteiger charge is 2.34. The van der Waals surface area contributed by atoms with Crippen LogP contribution in [0.15, 0.2) is 106 Å². The van der Waals surface area contributed by atoms with Gasteiger partial charge in [0.15, 0.2) is 16.3 Å². The average Bonchev–Trinajstić information content (AvgIpc) is 3.63. The van der Waals surface area contributed by atoms with Gasteiger partial charge in [0.1, 0.15) is 12.4 Å². The SMILES string of the molecule is CCOC(=O)C1=C(C)N=c2s/c(=C/c3cccc(OCc4cccc5ccccc45)c3)c(=O)n2[C@H]1c1ccc2c(c1)OCO2. The molecule has 0 saturated carbocycles. The highest BCUT2D eigenvalue weighted by Crippen LogP contribution is 2.38. The molecule has 1 aromatic heterocycles. The Kier molecular flexibility index (Phi) is 7.23. The summed E-state index contributed by atoms with van der Waals surface area (Å²) in [6, 6.07) is 26.7. The maximum Gasteiger partial charge on any atom is 0.338 e. The lowest BCUT2D eigenvalue weighted by Gasteiger charge is -2.24. The summed E-state index contributed by atoms with van der Waals surface area (Å²) in [6.07, 6.45) is 1.83. The largest absolute Gasteiger partial charge is 0.489 e. The van der Waals surface area contributed by atoms with Crippen LogP contribution in [0.3, 0.4) is 0 Å². The minimum absolute atomic E-state index is 0.117. The van der Waals surface area contributed by atoms with Gasteiger partial charge in [0, 0.05) is 0 Å². The van der Waals surface area contributed by atoms with Crippen molar-refractivity contribution in [3.63, 3.8) is 0 Å². The third kappa shape index (κ3) is 5.05. The van der Waals surface area contributed by atoms with Crippen LogP contribution in [0.25, 0.3) is 16.8 Å². The van der Waals surface area contributed by atoms with Gasteiger partial charge in [0.2, 0.25) is 6.79 Å². The minimum atomic E-state index is -0.739. The van der Waals surface area contributed by atoms with Crippen LogP contribution >= 0.6 is 11.3 Å². The summed E-state index contributed by atoms with van der Waals surface area (Å²) in [7, 11) is 0. The van der Waals surface area contributed by atoms with Crippen LogP contribution in [0.5, 0.6) is 17.2 Å². The lowest BCUT2D eigenvalue weighted by Crippen LogP contribution is -2.39. The van der Waals surface area contributed by atoms with Crippen molar-refractivity contribution in [2.75, 3.05) is 13.4 Å². The number of thiazole rings is 1. The molecule has 2 aliphatic heterocycles. The van der Waals surface area contributed by atoms with Gasteiger partial charge >= 0.3 is 5.97 Å². The second kappa shape index (κ2) is 11.5. The number of fused-ring (bicyclic) bond motifs is 3. The zero-order valence-electron chi connectivity index (χ0n) is 24.1. The Morgan fingerprint density at radius 3 is 2.73 bits per heavy atom. The van der Waals surface area contributed by atoms with Gasteiger partial charge < -0.3 is 18.9 Å². The monoisotopic (exact) mass is 604 g/mol. The number of allylic oxidation sites excluding steroid dienone is 1. The van der Waals surface area contributed by atoms with Crippen molar-refractivity contribution in [3.05, 3.63) is 133 Å². The van der Waals surface area contributed by atoms with Gasteiger partial charge in [-0.2, -0.15) is 0 Å². The van der Waals surface area contributed by atoms with E-state index in [0.29, 0.717) is 50.0 Å². The van der Waals surface area contributed by atoms with Gasteiger partial charge in [0.05, 0.1) is 28.5 Å². The number of esters is 1. The Balaban J connectivity index is 1.25. The number of hydrogen-bond acceptors (Lipinski definition) is 8. The summed E-state index contributed by atoms with van der Waals surface area (Å²) in [4.78, 5) is 32.4. The minimum Gasteiger partial charge on any atom is -0.489 e. The molecule has 0 unspecified atom stereocenters. The molecule has 220 valence electrons. The zero-order chi connectivity index (χ0) is 30.2. The van der Waals surface area contributed by atoms with Crippen molar-refractivity contribution >= 4 is 34.2 Å². The molecule has 0 bridgehead atoms. The predicted molar refractivity (Wildman–Crippen MR) is 168 cm³/mol. The maximum atomic E-state index is 14.0. The Bertz CT molecular complexity index is 2140. The molecule has 0 spiro atoms. The van der Waals surface area contributed by atoms with Crippen molar-refractivity contribution in [3.8, 4) is 17.2 Å². The second-order valence-corrected chi connectivity index (χ2v) is 11.4. The third-order valence-corrected chi connectivity index (χ3v) is 8.64. The lowest BCUT2D eigenvalue weighted by molar-refractivity contribution is -0.139. The van der Waals surface area contributed by atoms with Crippen LogP contribution in [0.1, 0.15) is 36.6 Å². The molecule has 8 nitrogen and oxygen atoms in total. The molecule has 0 saturated heterocycles. The summed E-state index contributed by atoms with van der Waals surface area (Å²) in [5, 5.41) is 2.32. The van der Waals surface area contributed by atoms with E-state index >= 15 is 0 Å². The molecule has 44 heavy (non-hydrogen) atoms. The smallest absolute Gasteiger partial charge is 0.338 e. The molecule has 0 N–H and O–H groups in total. The predicted octanol–water partition coefficient (Wildman–Crippen LogP) is 5.26. The molecule has 0 amide bonds. The summed E-state index contributed by atoms with van der Waals surface area (Å²) in [5.41, 5.74) is 3.16. The molecule has 0 aliphatic carbocycles. The fourth-order valence-corrected chi connectivity index (χ4v) is 6.66. The highest BCUT2D eigenvalue weighted by atomic mass is 32.1. The van der Waals surface area contributed by atoms with E-state index in [1.54, 1.807) is 30.5 Å². The van der Waals surface area contributed by atoms with E-state index < -0.39 is 12.0 Å². The van der Waals surface area contributed by atoms with E-state index in [-0.39, 0.29) is 19.0 Å². The van der Waals surface area contributed by atoms with Crippen molar-refractivity contribution in [1.29, 1.82) is 0 Å². The van der Waals surface area contributed by atoms with Crippen LogP contribution in [0.2, 0.25) is 0 Å². The van der Waals surface area contributed by atoms with Crippen molar-refractivity contribution in [1.82, 2.24) is 4.57 Å². The molecule has 0 radical (unpaired) electrons. The van der Waals surface area contributed by atoms with Crippen molar-refractivity contribution in [2.24, 2.45) is 4.99 Å². The summed E-state index contributed by atoms with van der Waals surface area (Å²) in [5.74, 6) is 1.35. The number of aromatic nitrogens is 1. The first-order valence-electron chi connectivity index (χ1n) is 14.3. The Morgan fingerprint density at radius 2 is 1.84 bits per heavy atom. The maximum absolute atomic E-state index is 14.0. The molecular formula is C35H28N2O6S. The summed E-state index contributed by atoms with van der Waals surface area (Å²) in [6.45, 7) is 4.25. The van der Waals surface area contributed by atoms with Crippen LogP contribution in [-0.2, 0) is 16.1 Å². The van der Waals surface area contributed by atoms with E-state index in [1.807, 2.05) is 54.6 Å². The van der Waals surface area contributed by atoms with Gasteiger partial charge in [-0.15, -0.1) is 0 Å². The number of carbonyl (C=O) groups is 1. The van der Waals surface area contributed by atoms with E-state index in [0.717, 1.165) is 21.9 Å². The van der Waals surface area contributed by atoms with Gasteiger partial charge in [0.25, 0.3) is 5.56 Å². The second-order valence-electron chi connectivity index (χ2n) is 10.4. The molecule has 4 aromatic carbocycles. The van der Waals surface area contributed by atoms with Crippen molar-refractivity contribution < 1.29 is 23.7 Å². The Labute approximate surface area is 256 Å². The Morgan fingerprint density at radius 1 is 1.02 bits per heavy atom. The fourth-order valence-electron chi connectivity index (χ4n) is 5.62. The third-order valence-electron chi connectivity index (χ3n) is 7.66. The number of ether oxygens (including phenoxy) is 4. The number of benzene rings is 4. The highest BCUT2D eigenvalue weighted by molar-refractivity contribution is 7.07. The first kappa shape index (κ1) is 27.7. The van der Waals surface area contributed by atoms with Gasteiger partial charge in [-0.05, 0) is 71.7 Å². The number of rotatable bonds is 7. The molecule has 7 rings (SSSR count). The lowest BCUT2D eigenvalue weighted by atomic mass is 9.95. The summed E-state index contributed by atoms with van der Waals surface area (Å²) >= 11 is 1.27. The Hall–Kier alpha value is -5.15. The van der Waals surface area contributed by atoms with E-state index in [2.05, 4.69) is 29.3 Å².